The van der Waals surface area contributed by atoms with Crippen LogP contribution in [0.1, 0.15) is 0 Å². The highest BCUT2D eigenvalue weighted by atomic mass is 16.3. The summed E-state index contributed by atoms with van der Waals surface area (Å²) in [6.07, 6.45) is 6.98. The molecule has 0 aliphatic rings. The Hall–Kier alpha value is -2.75. The van der Waals surface area contributed by atoms with Gasteiger partial charge >= 0.3 is 0 Å². The quantitative estimate of drug-likeness (QED) is 0.758. The summed E-state index contributed by atoms with van der Waals surface area (Å²) in [7, 11) is 0. The Labute approximate surface area is 110 Å². The van der Waals surface area contributed by atoms with E-state index in [0.29, 0.717) is 5.82 Å². The van der Waals surface area contributed by atoms with Gasteiger partial charge in [0.1, 0.15) is 5.75 Å². The van der Waals surface area contributed by atoms with Crippen LogP contribution in [0.4, 0.5) is 0 Å². The molecule has 19 heavy (non-hydrogen) atoms. The van der Waals surface area contributed by atoms with Gasteiger partial charge in [-0.15, -0.1) is 0 Å². The van der Waals surface area contributed by atoms with Crippen LogP contribution in [0.3, 0.4) is 0 Å². The van der Waals surface area contributed by atoms with E-state index < -0.39 is 0 Å². The normalized spacial score (nSPS) is 10.3. The second-order valence-corrected chi connectivity index (χ2v) is 4.08. The van der Waals surface area contributed by atoms with Crippen LogP contribution in [0.25, 0.3) is 22.5 Å². The number of aromatic nitrogens is 3. The molecule has 0 spiro atoms. The Kier molecular flexibility index (Phi) is 2.90. The highest BCUT2D eigenvalue weighted by Crippen LogP contribution is 2.21. The van der Waals surface area contributed by atoms with Crippen LogP contribution in [-0.2, 0) is 0 Å². The molecular formula is C15H11N3O. The van der Waals surface area contributed by atoms with Gasteiger partial charge in [0.15, 0.2) is 5.82 Å². The number of phenols is 1. The second kappa shape index (κ2) is 4.86. The maximum Gasteiger partial charge on any atom is 0.159 e. The molecule has 92 valence electrons. The standard InChI is InChI=1S/C15H11N3O/c19-14-3-1-11(2-4-14)13-9-17-15(18-10-13)12-5-7-16-8-6-12/h1-10,19H. The fourth-order valence-corrected chi connectivity index (χ4v) is 1.78. The molecule has 4 nitrogen and oxygen atoms in total. The Morgan fingerprint density at radius 1 is 0.684 bits per heavy atom. The van der Waals surface area contributed by atoms with E-state index in [1.807, 2.05) is 24.3 Å². The van der Waals surface area contributed by atoms with Crippen LogP contribution in [0.15, 0.2) is 61.2 Å². The smallest absolute Gasteiger partial charge is 0.159 e. The minimum absolute atomic E-state index is 0.248. The molecule has 0 fully saturated rings. The lowest BCUT2D eigenvalue weighted by Gasteiger charge is -2.03. The average Bonchev–Trinajstić information content (AvgIpc) is 2.49. The first kappa shape index (κ1) is 11.3. The Morgan fingerprint density at radius 2 is 1.32 bits per heavy atom. The van der Waals surface area contributed by atoms with Crippen molar-refractivity contribution in [2.75, 3.05) is 0 Å². The molecule has 0 aliphatic heterocycles. The van der Waals surface area contributed by atoms with E-state index in [9.17, 15) is 5.11 Å². The highest BCUT2D eigenvalue weighted by molar-refractivity contribution is 5.64. The van der Waals surface area contributed by atoms with Crippen LogP contribution >= 0.6 is 0 Å². The largest absolute Gasteiger partial charge is 0.508 e. The van der Waals surface area contributed by atoms with E-state index in [-0.39, 0.29) is 5.75 Å². The third-order valence-corrected chi connectivity index (χ3v) is 2.79. The van der Waals surface area contributed by atoms with Gasteiger partial charge in [0.25, 0.3) is 0 Å². The third-order valence-electron chi connectivity index (χ3n) is 2.79. The predicted molar refractivity (Wildman–Crippen MR) is 72.4 cm³/mol. The minimum Gasteiger partial charge on any atom is -0.508 e. The fourth-order valence-electron chi connectivity index (χ4n) is 1.78. The van der Waals surface area contributed by atoms with Crippen molar-refractivity contribution >= 4 is 0 Å². The van der Waals surface area contributed by atoms with Crippen LogP contribution in [-0.4, -0.2) is 20.1 Å². The van der Waals surface area contributed by atoms with Crippen molar-refractivity contribution in [3.63, 3.8) is 0 Å². The molecule has 0 radical (unpaired) electrons. The van der Waals surface area contributed by atoms with Crippen molar-refractivity contribution in [3.8, 4) is 28.3 Å². The van der Waals surface area contributed by atoms with E-state index in [2.05, 4.69) is 15.0 Å². The summed E-state index contributed by atoms with van der Waals surface area (Å²) in [4.78, 5) is 12.7. The summed E-state index contributed by atoms with van der Waals surface area (Å²) >= 11 is 0. The lowest BCUT2D eigenvalue weighted by molar-refractivity contribution is 0.475. The van der Waals surface area contributed by atoms with Gasteiger partial charge < -0.3 is 5.11 Å². The molecule has 3 aromatic rings. The highest BCUT2D eigenvalue weighted by Gasteiger charge is 2.02. The first-order chi connectivity index (χ1) is 9.33. The second-order valence-electron chi connectivity index (χ2n) is 4.08. The molecule has 4 heteroatoms. The first-order valence-corrected chi connectivity index (χ1v) is 5.85. The summed E-state index contributed by atoms with van der Waals surface area (Å²) in [5, 5.41) is 9.26. The van der Waals surface area contributed by atoms with Crippen LogP contribution < -0.4 is 0 Å². The average molecular weight is 249 g/mol. The van der Waals surface area contributed by atoms with Crippen molar-refractivity contribution in [3.05, 3.63) is 61.2 Å². The number of phenolic OH excluding ortho intramolecular Hbond substituents is 1. The number of pyridine rings is 1. The van der Waals surface area contributed by atoms with Gasteiger partial charge in [-0.3, -0.25) is 4.98 Å². The van der Waals surface area contributed by atoms with Gasteiger partial charge in [0.2, 0.25) is 0 Å². The third kappa shape index (κ3) is 2.42. The first-order valence-electron chi connectivity index (χ1n) is 5.85. The van der Waals surface area contributed by atoms with Crippen molar-refractivity contribution in [2.45, 2.75) is 0 Å². The summed E-state index contributed by atoms with van der Waals surface area (Å²) in [6, 6.07) is 10.7. The molecular weight excluding hydrogens is 238 g/mol. The molecule has 2 aromatic heterocycles. The van der Waals surface area contributed by atoms with Gasteiger partial charge in [-0.05, 0) is 29.8 Å². The Morgan fingerprint density at radius 3 is 1.95 bits per heavy atom. The number of rotatable bonds is 2. The predicted octanol–water partition coefficient (Wildman–Crippen LogP) is 2.91. The number of aromatic hydroxyl groups is 1. The van der Waals surface area contributed by atoms with E-state index in [1.54, 1.807) is 36.9 Å². The van der Waals surface area contributed by atoms with Gasteiger partial charge in [0, 0.05) is 35.9 Å². The SMILES string of the molecule is Oc1ccc(-c2cnc(-c3ccncc3)nc2)cc1. The van der Waals surface area contributed by atoms with Gasteiger partial charge in [-0.25, -0.2) is 9.97 Å². The van der Waals surface area contributed by atoms with Crippen molar-refractivity contribution < 1.29 is 5.11 Å². The number of hydrogen-bond acceptors (Lipinski definition) is 4. The topological polar surface area (TPSA) is 58.9 Å². The summed E-state index contributed by atoms with van der Waals surface area (Å²) in [5.41, 5.74) is 2.82. The molecule has 1 aromatic carbocycles. The Bertz CT molecular complexity index is 664. The number of benzene rings is 1. The molecule has 0 saturated heterocycles. The summed E-state index contributed by atoms with van der Waals surface area (Å²) < 4.78 is 0. The molecule has 3 rings (SSSR count). The van der Waals surface area contributed by atoms with Crippen molar-refractivity contribution in [1.82, 2.24) is 15.0 Å². The van der Waals surface area contributed by atoms with E-state index in [0.717, 1.165) is 16.7 Å². The zero-order chi connectivity index (χ0) is 13.1. The zero-order valence-corrected chi connectivity index (χ0v) is 10.1. The van der Waals surface area contributed by atoms with Crippen molar-refractivity contribution in [2.24, 2.45) is 0 Å². The van der Waals surface area contributed by atoms with Crippen LogP contribution in [0.2, 0.25) is 0 Å². The minimum atomic E-state index is 0.248. The van der Waals surface area contributed by atoms with E-state index in [1.165, 1.54) is 0 Å². The molecule has 0 bridgehead atoms. The molecule has 2 heterocycles. The Balaban J connectivity index is 1.93. The van der Waals surface area contributed by atoms with Gasteiger partial charge in [-0.2, -0.15) is 0 Å². The van der Waals surface area contributed by atoms with Gasteiger partial charge in [0.05, 0.1) is 0 Å². The molecule has 1 N–H and O–H groups in total. The van der Waals surface area contributed by atoms with Gasteiger partial charge in [-0.1, -0.05) is 12.1 Å². The molecule has 0 atom stereocenters. The zero-order valence-electron chi connectivity index (χ0n) is 10.1. The van der Waals surface area contributed by atoms with Crippen LogP contribution in [0, 0.1) is 0 Å². The molecule has 0 aliphatic carbocycles. The van der Waals surface area contributed by atoms with E-state index in [4.69, 9.17) is 0 Å². The maximum absolute atomic E-state index is 9.26. The number of nitrogens with zero attached hydrogens (tertiary/aromatic N) is 3. The van der Waals surface area contributed by atoms with Crippen molar-refractivity contribution in [1.29, 1.82) is 0 Å². The van der Waals surface area contributed by atoms with Crippen LogP contribution in [0.5, 0.6) is 5.75 Å². The monoisotopic (exact) mass is 249 g/mol. The summed E-state index contributed by atoms with van der Waals surface area (Å²) in [5.74, 6) is 0.919. The summed E-state index contributed by atoms with van der Waals surface area (Å²) in [6.45, 7) is 0. The molecule has 0 amide bonds. The fraction of sp³-hybridized carbons (Fsp3) is 0. The molecule has 0 unspecified atom stereocenters. The lowest BCUT2D eigenvalue weighted by atomic mass is 10.1. The lowest BCUT2D eigenvalue weighted by Crippen LogP contribution is -1.89. The number of hydrogen-bond donors (Lipinski definition) is 1. The maximum atomic E-state index is 9.26. The molecule has 0 saturated carbocycles. The van der Waals surface area contributed by atoms with E-state index >= 15 is 0 Å².